The highest BCUT2D eigenvalue weighted by molar-refractivity contribution is 7.99. The minimum atomic E-state index is -0.822. The maximum absolute atomic E-state index is 10.7. The average molecular weight is 296 g/mol. The zero-order valence-corrected chi connectivity index (χ0v) is 11.9. The first-order chi connectivity index (χ1) is 10.2. The van der Waals surface area contributed by atoms with Crippen LogP contribution in [-0.4, -0.2) is 21.0 Å². The van der Waals surface area contributed by atoms with Crippen LogP contribution >= 0.6 is 11.8 Å². The van der Waals surface area contributed by atoms with Crippen LogP contribution in [0.5, 0.6) is 0 Å². The number of rotatable bonds is 4. The molecule has 5 heteroatoms. The number of benzene rings is 2. The third kappa shape index (κ3) is 3.20. The van der Waals surface area contributed by atoms with Gasteiger partial charge in [-0.05, 0) is 23.8 Å². The van der Waals surface area contributed by atoms with Crippen molar-refractivity contribution in [1.82, 2.24) is 9.97 Å². The molecule has 1 N–H and O–H groups in total. The van der Waals surface area contributed by atoms with Crippen molar-refractivity contribution in [3.05, 3.63) is 60.4 Å². The van der Waals surface area contributed by atoms with Crippen molar-refractivity contribution in [1.29, 1.82) is 0 Å². The van der Waals surface area contributed by atoms with Crippen LogP contribution in [0.4, 0.5) is 0 Å². The van der Waals surface area contributed by atoms with E-state index < -0.39 is 5.97 Å². The van der Waals surface area contributed by atoms with Gasteiger partial charge in [0.1, 0.15) is 11.4 Å². The lowest BCUT2D eigenvalue weighted by Crippen LogP contribution is -1.99. The minimum Gasteiger partial charge on any atom is -0.481 e. The first-order valence-electron chi connectivity index (χ1n) is 6.41. The molecule has 0 atom stereocenters. The van der Waals surface area contributed by atoms with Crippen molar-refractivity contribution in [2.24, 2.45) is 0 Å². The summed E-state index contributed by atoms with van der Waals surface area (Å²) in [6.45, 7) is 0. The lowest BCUT2D eigenvalue weighted by molar-refractivity contribution is -0.136. The van der Waals surface area contributed by atoms with E-state index in [2.05, 4.69) is 9.97 Å². The maximum Gasteiger partial charge on any atom is 0.307 e. The van der Waals surface area contributed by atoms with Crippen LogP contribution in [0, 0.1) is 0 Å². The highest BCUT2D eigenvalue weighted by atomic mass is 32.2. The Morgan fingerprint density at radius 3 is 2.57 bits per heavy atom. The van der Waals surface area contributed by atoms with Crippen LogP contribution in [0.15, 0.2) is 64.8 Å². The van der Waals surface area contributed by atoms with Crippen LogP contribution in [0.3, 0.4) is 0 Å². The Bertz CT molecular complexity index is 782. The van der Waals surface area contributed by atoms with Gasteiger partial charge in [0.2, 0.25) is 0 Å². The monoisotopic (exact) mass is 296 g/mol. The molecule has 0 saturated heterocycles. The van der Waals surface area contributed by atoms with Gasteiger partial charge in [-0.3, -0.25) is 4.79 Å². The van der Waals surface area contributed by atoms with Gasteiger partial charge in [-0.25, -0.2) is 9.97 Å². The van der Waals surface area contributed by atoms with E-state index in [0.717, 1.165) is 26.4 Å². The fraction of sp³-hybridized carbons (Fsp3) is 0.0625. The summed E-state index contributed by atoms with van der Waals surface area (Å²) in [5.41, 5.74) is 1.71. The molecule has 0 fully saturated rings. The van der Waals surface area contributed by atoms with Crippen molar-refractivity contribution in [2.45, 2.75) is 16.3 Å². The summed E-state index contributed by atoms with van der Waals surface area (Å²) < 4.78 is 0. The molecule has 2 aromatic carbocycles. The fourth-order valence-corrected chi connectivity index (χ4v) is 2.90. The third-order valence-electron chi connectivity index (χ3n) is 3.00. The van der Waals surface area contributed by atoms with Gasteiger partial charge in [0.15, 0.2) is 0 Å². The first-order valence-corrected chi connectivity index (χ1v) is 7.22. The minimum absolute atomic E-state index is 0.0430. The summed E-state index contributed by atoms with van der Waals surface area (Å²) >= 11 is 1.55. The SMILES string of the molecule is O=C(O)Cc1ccc(Sc2ncnc3ccccc23)cc1. The van der Waals surface area contributed by atoms with E-state index in [0.29, 0.717) is 0 Å². The Labute approximate surface area is 125 Å². The number of carboxylic acid groups (broad SMARTS) is 1. The number of aliphatic carboxylic acids is 1. The molecule has 0 aliphatic heterocycles. The van der Waals surface area contributed by atoms with Gasteiger partial charge in [0, 0.05) is 10.3 Å². The van der Waals surface area contributed by atoms with E-state index in [1.165, 1.54) is 0 Å². The van der Waals surface area contributed by atoms with Gasteiger partial charge in [-0.2, -0.15) is 0 Å². The molecule has 3 aromatic rings. The molecule has 0 radical (unpaired) electrons. The van der Waals surface area contributed by atoms with Gasteiger partial charge in [0.05, 0.1) is 11.9 Å². The van der Waals surface area contributed by atoms with E-state index in [1.807, 2.05) is 48.5 Å². The molecular weight excluding hydrogens is 284 g/mol. The zero-order chi connectivity index (χ0) is 14.7. The van der Waals surface area contributed by atoms with Crippen LogP contribution < -0.4 is 0 Å². The van der Waals surface area contributed by atoms with E-state index in [4.69, 9.17) is 5.11 Å². The second-order valence-electron chi connectivity index (χ2n) is 4.51. The molecule has 0 aliphatic rings. The van der Waals surface area contributed by atoms with E-state index >= 15 is 0 Å². The van der Waals surface area contributed by atoms with Crippen LogP contribution in [0.25, 0.3) is 10.9 Å². The van der Waals surface area contributed by atoms with Crippen LogP contribution in [0.2, 0.25) is 0 Å². The Morgan fingerprint density at radius 1 is 1.05 bits per heavy atom. The smallest absolute Gasteiger partial charge is 0.307 e. The van der Waals surface area contributed by atoms with Crippen molar-refractivity contribution >= 4 is 28.6 Å². The van der Waals surface area contributed by atoms with Gasteiger partial charge >= 0.3 is 5.97 Å². The predicted molar refractivity (Wildman–Crippen MR) is 81.4 cm³/mol. The molecule has 0 unspecified atom stereocenters. The molecule has 104 valence electrons. The van der Waals surface area contributed by atoms with E-state index in [-0.39, 0.29) is 6.42 Å². The Kier molecular flexibility index (Phi) is 3.83. The number of fused-ring (bicyclic) bond motifs is 1. The fourth-order valence-electron chi connectivity index (χ4n) is 2.02. The van der Waals surface area contributed by atoms with E-state index in [1.54, 1.807) is 18.1 Å². The molecular formula is C16H12N2O2S. The van der Waals surface area contributed by atoms with Gasteiger partial charge in [-0.15, -0.1) is 0 Å². The lowest BCUT2D eigenvalue weighted by Gasteiger charge is -2.05. The standard InChI is InChI=1S/C16H12N2O2S/c19-15(20)9-11-5-7-12(8-6-11)21-16-13-3-1-2-4-14(13)17-10-18-16/h1-8,10H,9H2,(H,19,20). The topological polar surface area (TPSA) is 63.1 Å². The van der Waals surface area contributed by atoms with Gasteiger partial charge in [-0.1, -0.05) is 42.1 Å². The largest absolute Gasteiger partial charge is 0.481 e. The van der Waals surface area contributed by atoms with Crippen molar-refractivity contribution in [3.8, 4) is 0 Å². The number of hydrogen-bond donors (Lipinski definition) is 1. The summed E-state index contributed by atoms with van der Waals surface area (Å²) in [6, 6.07) is 15.4. The predicted octanol–water partition coefficient (Wildman–Crippen LogP) is 3.41. The van der Waals surface area contributed by atoms with Crippen molar-refractivity contribution < 1.29 is 9.90 Å². The molecule has 0 saturated carbocycles. The van der Waals surface area contributed by atoms with Gasteiger partial charge in [0.25, 0.3) is 0 Å². The second kappa shape index (κ2) is 5.93. The Hall–Kier alpha value is -2.40. The van der Waals surface area contributed by atoms with Crippen molar-refractivity contribution in [3.63, 3.8) is 0 Å². The molecule has 1 aromatic heterocycles. The summed E-state index contributed by atoms with van der Waals surface area (Å²) in [4.78, 5) is 20.3. The molecule has 0 amide bonds. The van der Waals surface area contributed by atoms with Gasteiger partial charge < -0.3 is 5.11 Å². The average Bonchev–Trinajstić information content (AvgIpc) is 2.49. The lowest BCUT2D eigenvalue weighted by atomic mass is 10.2. The van der Waals surface area contributed by atoms with Crippen molar-refractivity contribution in [2.75, 3.05) is 0 Å². The number of hydrogen-bond acceptors (Lipinski definition) is 4. The number of para-hydroxylation sites is 1. The number of carboxylic acids is 1. The molecule has 1 heterocycles. The maximum atomic E-state index is 10.7. The highest BCUT2D eigenvalue weighted by Gasteiger charge is 2.06. The molecule has 4 nitrogen and oxygen atoms in total. The molecule has 0 aliphatic carbocycles. The van der Waals surface area contributed by atoms with E-state index in [9.17, 15) is 4.79 Å². The van der Waals surface area contributed by atoms with Crippen LogP contribution in [-0.2, 0) is 11.2 Å². The Morgan fingerprint density at radius 2 is 1.81 bits per heavy atom. The number of carbonyl (C=O) groups is 1. The molecule has 3 rings (SSSR count). The summed E-state index contributed by atoms with van der Waals surface area (Å²) in [7, 11) is 0. The number of nitrogens with zero attached hydrogens (tertiary/aromatic N) is 2. The summed E-state index contributed by atoms with van der Waals surface area (Å²) in [5, 5.41) is 10.7. The molecule has 0 bridgehead atoms. The zero-order valence-electron chi connectivity index (χ0n) is 11.1. The highest BCUT2D eigenvalue weighted by Crippen LogP contribution is 2.30. The number of aromatic nitrogens is 2. The normalized spacial score (nSPS) is 10.7. The summed E-state index contributed by atoms with van der Waals surface area (Å²) in [6.07, 6.45) is 1.60. The molecule has 0 spiro atoms. The quantitative estimate of drug-likeness (QED) is 0.747. The first kappa shape index (κ1) is 13.6. The molecule has 21 heavy (non-hydrogen) atoms. The Balaban J connectivity index is 1.87. The third-order valence-corrected chi connectivity index (χ3v) is 4.03. The second-order valence-corrected chi connectivity index (χ2v) is 5.57. The van der Waals surface area contributed by atoms with Crippen LogP contribution in [0.1, 0.15) is 5.56 Å². The summed E-state index contributed by atoms with van der Waals surface area (Å²) in [5.74, 6) is -0.822.